The van der Waals surface area contributed by atoms with Crippen molar-refractivity contribution in [1.82, 2.24) is 15.5 Å². The summed E-state index contributed by atoms with van der Waals surface area (Å²) in [5, 5.41) is 5.73. The van der Waals surface area contributed by atoms with Crippen molar-refractivity contribution < 1.29 is 23.8 Å². The zero-order valence-corrected chi connectivity index (χ0v) is 14.0. The van der Waals surface area contributed by atoms with E-state index in [9.17, 15) is 9.59 Å². The van der Waals surface area contributed by atoms with Crippen molar-refractivity contribution >= 4 is 12.1 Å². The van der Waals surface area contributed by atoms with E-state index in [1.807, 2.05) is 25.7 Å². The Bertz CT molecular complexity index is 478. The van der Waals surface area contributed by atoms with Crippen LogP contribution in [0, 0.1) is 0 Å². The number of rotatable bonds is 4. The molecule has 23 heavy (non-hydrogen) atoms. The van der Waals surface area contributed by atoms with Gasteiger partial charge in [0.05, 0.1) is 6.61 Å². The third-order valence-electron chi connectivity index (χ3n) is 3.49. The molecule has 0 bridgehead atoms. The number of hydrogen-bond donors (Lipinski definition) is 2. The molecule has 0 aromatic carbocycles. The van der Waals surface area contributed by atoms with E-state index in [1.165, 1.54) is 6.26 Å². The van der Waals surface area contributed by atoms with Crippen LogP contribution in [0.4, 0.5) is 4.79 Å². The maximum absolute atomic E-state index is 12.3. The Hall–Kier alpha value is -1.96. The molecule has 130 valence electrons. The van der Waals surface area contributed by atoms with Crippen LogP contribution >= 0.6 is 0 Å². The first-order chi connectivity index (χ1) is 10.8. The first-order valence-corrected chi connectivity index (χ1v) is 7.79. The van der Waals surface area contributed by atoms with Crippen LogP contribution in [-0.4, -0.2) is 54.2 Å². The van der Waals surface area contributed by atoms with Crippen LogP contribution in [0.3, 0.4) is 0 Å². The van der Waals surface area contributed by atoms with E-state index in [-0.39, 0.29) is 12.6 Å². The van der Waals surface area contributed by atoms with Crippen molar-refractivity contribution in [2.45, 2.75) is 51.6 Å². The summed E-state index contributed by atoms with van der Waals surface area (Å²) < 4.78 is 15.8. The van der Waals surface area contributed by atoms with Gasteiger partial charge in [0, 0.05) is 25.3 Å². The van der Waals surface area contributed by atoms with E-state index in [1.54, 1.807) is 13.1 Å². The fraction of sp³-hybridized carbons (Fsp3) is 0.733. The first kappa shape index (κ1) is 17.4. The molecule has 2 atom stereocenters. The molecule has 1 unspecified atom stereocenters. The topological polar surface area (TPSA) is 89.1 Å². The minimum atomic E-state index is -1.35. The smallest absolute Gasteiger partial charge is 0.407 e. The number of nitrogens with zero attached hydrogens (tertiary/aromatic N) is 1. The van der Waals surface area contributed by atoms with Crippen LogP contribution in [0.2, 0.25) is 0 Å². The van der Waals surface area contributed by atoms with Crippen molar-refractivity contribution in [2.75, 3.05) is 19.7 Å². The van der Waals surface area contributed by atoms with Crippen LogP contribution < -0.4 is 10.6 Å². The summed E-state index contributed by atoms with van der Waals surface area (Å²) in [5.41, 5.74) is -0.547. The third kappa shape index (κ3) is 4.07. The van der Waals surface area contributed by atoms with Gasteiger partial charge in [-0.25, -0.2) is 14.5 Å². The highest BCUT2D eigenvalue weighted by atomic mass is 16.6. The molecule has 1 fully saturated rings. The van der Waals surface area contributed by atoms with Crippen LogP contribution in [0.1, 0.15) is 34.1 Å². The van der Waals surface area contributed by atoms with E-state index in [4.69, 9.17) is 14.2 Å². The normalized spacial score (nSPS) is 27.2. The molecule has 2 heterocycles. The Balaban J connectivity index is 1.95. The Morgan fingerprint density at radius 1 is 1.48 bits per heavy atom. The Labute approximate surface area is 136 Å². The van der Waals surface area contributed by atoms with Crippen molar-refractivity contribution in [2.24, 2.45) is 0 Å². The van der Waals surface area contributed by atoms with E-state index >= 15 is 0 Å². The number of alkyl carbamates (subject to hydrolysis) is 1. The molecule has 2 N–H and O–H groups in total. The molecule has 0 aromatic rings. The van der Waals surface area contributed by atoms with Crippen LogP contribution in [0.5, 0.6) is 0 Å². The number of nitrogens with one attached hydrogen (secondary N) is 2. The molecule has 2 aliphatic heterocycles. The largest absolute Gasteiger partial charge is 0.460 e. The van der Waals surface area contributed by atoms with Gasteiger partial charge >= 0.3 is 17.9 Å². The van der Waals surface area contributed by atoms with E-state index in [0.29, 0.717) is 19.5 Å². The summed E-state index contributed by atoms with van der Waals surface area (Å²) in [5.74, 6) is -1.84. The fourth-order valence-corrected chi connectivity index (χ4v) is 2.58. The fourth-order valence-electron chi connectivity index (χ4n) is 2.58. The van der Waals surface area contributed by atoms with Gasteiger partial charge in [-0.3, -0.25) is 0 Å². The zero-order valence-electron chi connectivity index (χ0n) is 14.0. The number of amides is 1. The molecule has 0 aliphatic carbocycles. The zero-order chi connectivity index (χ0) is 17.1. The van der Waals surface area contributed by atoms with Gasteiger partial charge < -0.3 is 24.8 Å². The number of esters is 1. The second-order valence-electron chi connectivity index (χ2n) is 6.51. The highest BCUT2D eigenvalue weighted by molar-refractivity contribution is 5.79. The maximum Gasteiger partial charge on any atom is 0.407 e. The van der Waals surface area contributed by atoms with Gasteiger partial charge in [0.1, 0.15) is 11.9 Å². The van der Waals surface area contributed by atoms with Crippen molar-refractivity contribution in [1.29, 1.82) is 0 Å². The lowest BCUT2D eigenvalue weighted by molar-refractivity contribution is -0.189. The molecule has 0 radical (unpaired) electrons. The lowest BCUT2D eigenvalue weighted by atomic mass is 10.2. The second kappa shape index (κ2) is 6.66. The lowest BCUT2D eigenvalue weighted by Gasteiger charge is -2.34. The number of hydrogen-bond acceptors (Lipinski definition) is 7. The van der Waals surface area contributed by atoms with E-state index in [0.717, 1.165) is 0 Å². The summed E-state index contributed by atoms with van der Waals surface area (Å²) in [6.45, 7) is 8.46. The quantitative estimate of drug-likeness (QED) is 0.741. The van der Waals surface area contributed by atoms with Gasteiger partial charge in [-0.15, -0.1) is 0 Å². The van der Waals surface area contributed by atoms with Crippen molar-refractivity contribution in [3.05, 3.63) is 12.5 Å². The van der Waals surface area contributed by atoms with Crippen molar-refractivity contribution in [3.8, 4) is 0 Å². The molecule has 8 nitrogen and oxygen atoms in total. The third-order valence-corrected chi connectivity index (χ3v) is 3.49. The molecule has 0 aromatic heterocycles. The average molecular weight is 327 g/mol. The molecule has 0 saturated carbocycles. The summed E-state index contributed by atoms with van der Waals surface area (Å²) >= 11 is 0. The van der Waals surface area contributed by atoms with Gasteiger partial charge in [0.25, 0.3) is 0 Å². The lowest BCUT2D eigenvalue weighted by Crippen LogP contribution is -2.62. The summed E-state index contributed by atoms with van der Waals surface area (Å²) in [6.07, 6.45) is 3.20. The standard InChI is InChI=1S/C15H25N3O5/c1-5-21-12(19)15(16-7-9-22-15)18-8-6-11(10-18)17-13(20)23-14(2,3)4/h7,9,11,16H,5-6,8,10H2,1-4H3,(H,17,20)/t11?,15-/m0/s1. The van der Waals surface area contributed by atoms with Gasteiger partial charge in [0.2, 0.25) is 0 Å². The molecular formula is C15H25N3O5. The van der Waals surface area contributed by atoms with Gasteiger partial charge in [-0.1, -0.05) is 0 Å². The van der Waals surface area contributed by atoms with Crippen LogP contribution in [0.15, 0.2) is 12.5 Å². The number of carbonyl (C=O) groups excluding carboxylic acids is 2. The predicted octanol–water partition coefficient (Wildman–Crippen LogP) is 0.893. The summed E-state index contributed by atoms with van der Waals surface area (Å²) in [4.78, 5) is 25.9. The van der Waals surface area contributed by atoms with Gasteiger partial charge in [0.15, 0.2) is 0 Å². The maximum atomic E-state index is 12.3. The summed E-state index contributed by atoms with van der Waals surface area (Å²) in [7, 11) is 0. The van der Waals surface area contributed by atoms with E-state index in [2.05, 4.69) is 10.6 Å². The molecule has 2 rings (SSSR count). The highest BCUT2D eigenvalue weighted by Gasteiger charge is 2.51. The Morgan fingerprint density at radius 2 is 2.22 bits per heavy atom. The Kier molecular flexibility index (Phi) is 5.03. The highest BCUT2D eigenvalue weighted by Crippen LogP contribution is 2.26. The number of carbonyl (C=O) groups is 2. The molecule has 2 aliphatic rings. The average Bonchev–Trinajstić information content (AvgIpc) is 3.05. The molecule has 1 saturated heterocycles. The van der Waals surface area contributed by atoms with E-state index < -0.39 is 23.5 Å². The molecule has 8 heteroatoms. The number of ether oxygens (including phenoxy) is 3. The van der Waals surface area contributed by atoms with Crippen LogP contribution in [-0.2, 0) is 19.0 Å². The monoisotopic (exact) mass is 327 g/mol. The SMILES string of the molecule is CCOC(=O)[C@@]1(N2CCC(NC(=O)OC(C)(C)C)C2)NC=CO1. The van der Waals surface area contributed by atoms with Gasteiger partial charge in [-0.05, 0) is 34.1 Å². The summed E-state index contributed by atoms with van der Waals surface area (Å²) in [6, 6.07) is -0.123. The van der Waals surface area contributed by atoms with Crippen molar-refractivity contribution in [3.63, 3.8) is 0 Å². The predicted molar refractivity (Wildman–Crippen MR) is 82.1 cm³/mol. The number of likely N-dealkylation sites (tertiary alicyclic amines) is 1. The van der Waals surface area contributed by atoms with Crippen LogP contribution in [0.25, 0.3) is 0 Å². The minimum Gasteiger partial charge on any atom is -0.460 e. The first-order valence-electron chi connectivity index (χ1n) is 7.79. The second-order valence-corrected chi connectivity index (χ2v) is 6.51. The molecule has 0 spiro atoms. The van der Waals surface area contributed by atoms with Gasteiger partial charge in [-0.2, -0.15) is 0 Å². The molecular weight excluding hydrogens is 302 g/mol. The minimum absolute atomic E-state index is 0.123. The Morgan fingerprint density at radius 3 is 2.78 bits per heavy atom. The molecule has 1 amide bonds.